The van der Waals surface area contributed by atoms with E-state index in [1.807, 2.05) is 0 Å². The fraction of sp³-hybridized carbons (Fsp3) is 0.471. The molecule has 0 aliphatic carbocycles. The highest BCUT2D eigenvalue weighted by molar-refractivity contribution is 8.23. The molecule has 1 saturated heterocycles. The van der Waals surface area contributed by atoms with Crippen molar-refractivity contribution in [2.45, 2.75) is 24.6 Å². The molecule has 152 valence electrons. The zero-order valence-corrected chi connectivity index (χ0v) is 16.7. The maximum atomic E-state index is 13.0. The number of thioether (sulfide) groups is 1. The first-order valence-electron chi connectivity index (χ1n) is 8.53. The third-order valence-corrected chi connectivity index (χ3v) is 6.08. The van der Waals surface area contributed by atoms with Gasteiger partial charge in [-0.05, 0) is 12.0 Å². The van der Waals surface area contributed by atoms with Crippen LogP contribution in [0.1, 0.15) is 24.2 Å². The number of nitro groups is 1. The minimum Gasteiger partial charge on any atom is -0.396 e. The summed E-state index contributed by atoms with van der Waals surface area (Å²) in [6, 6.07) is 4.88. The van der Waals surface area contributed by atoms with Crippen LogP contribution >= 0.6 is 24.0 Å². The second-order valence-electron chi connectivity index (χ2n) is 6.34. The first-order chi connectivity index (χ1) is 13.3. The molecule has 0 bridgehead atoms. The van der Waals surface area contributed by atoms with Gasteiger partial charge in [0.2, 0.25) is 5.91 Å². The van der Waals surface area contributed by atoms with E-state index in [4.69, 9.17) is 12.2 Å². The number of carbonyl (C=O) groups excluding carboxylic acids is 2. The van der Waals surface area contributed by atoms with E-state index in [1.165, 1.54) is 35.7 Å². The molecular formula is C17H21N3O6S2. The maximum Gasteiger partial charge on any atom is 0.269 e. The van der Waals surface area contributed by atoms with Gasteiger partial charge in [0.1, 0.15) is 10.4 Å². The number of nitrogens with zero attached hydrogens (tertiary/aromatic N) is 2. The van der Waals surface area contributed by atoms with Gasteiger partial charge in [-0.25, -0.2) is 0 Å². The smallest absolute Gasteiger partial charge is 0.269 e. The number of thiocarbonyl (C=S) groups is 1. The van der Waals surface area contributed by atoms with Crippen LogP contribution < -0.4 is 5.32 Å². The van der Waals surface area contributed by atoms with Crippen LogP contribution in [0.5, 0.6) is 0 Å². The number of benzene rings is 1. The van der Waals surface area contributed by atoms with E-state index in [-0.39, 0.29) is 37.3 Å². The van der Waals surface area contributed by atoms with Crippen molar-refractivity contribution in [3.8, 4) is 0 Å². The van der Waals surface area contributed by atoms with Crippen molar-refractivity contribution >= 4 is 45.8 Å². The molecule has 1 fully saturated rings. The highest BCUT2D eigenvalue weighted by Crippen LogP contribution is 2.39. The van der Waals surface area contributed by atoms with Gasteiger partial charge < -0.3 is 15.5 Å². The fourth-order valence-electron chi connectivity index (χ4n) is 2.78. The standard InChI is InChI=1S/C17H21N3O6S2/c1-10(23)18-14-15(12-2-4-13(5-3-12)20(25)26)28-17(27)19(16(14)24)7-6-11(8-21)9-22/h2-5,11,14-15,21-22H,6-9H2,1H3,(H,18,23)/t14-,15-/m0/s1. The van der Waals surface area contributed by atoms with Crippen LogP contribution in [-0.4, -0.2) is 62.0 Å². The van der Waals surface area contributed by atoms with Crippen LogP contribution in [0.15, 0.2) is 24.3 Å². The monoisotopic (exact) mass is 427 g/mol. The fourth-order valence-corrected chi connectivity index (χ4v) is 4.42. The molecule has 2 rings (SSSR count). The average Bonchev–Trinajstić information content (AvgIpc) is 2.66. The highest BCUT2D eigenvalue weighted by atomic mass is 32.2. The Morgan fingerprint density at radius 2 is 1.96 bits per heavy atom. The molecule has 0 aromatic heterocycles. The zero-order chi connectivity index (χ0) is 20.8. The van der Waals surface area contributed by atoms with Gasteiger partial charge in [-0.1, -0.05) is 36.1 Å². The van der Waals surface area contributed by atoms with Crippen LogP contribution in [-0.2, 0) is 9.59 Å². The van der Waals surface area contributed by atoms with Crippen molar-refractivity contribution in [1.29, 1.82) is 0 Å². The Morgan fingerprint density at radius 3 is 2.46 bits per heavy atom. The summed E-state index contributed by atoms with van der Waals surface area (Å²) in [4.78, 5) is 36.3. The lowest BCUT2D eigenvalue weighted by Gasteiger charge is -2.38. The van der Waals surface area contributed by atoms with E-state index in [0.29, 0.717) is 16.3 Å². The predicted molar refractivity (Wildman–Crippen MR) is 108 cm³/mol. The van der Waals surface area contributed by atoms with E-state index in [2.05, 4.69) is 5.32 Å². The summed E-state index contributed by atoms with van der Waals surface area (Å²) in [5.74, 6) is -1.15. The maximum absolute atomic E-state index is 13.0. The quantitative estimate of drug-likeness (QED) is 0.318. The summed E-state index contributed by atoms with van der Waals surface area (Å²) < 4.78 is 0.310. The molecule has 0 spiro atoms. The second-order valence-corrected chi connectivity index (χ2v) is 8.12. The summed E-state index contributed by atoms with van der Waals surface area (Å²) in [5.41, 5.74) is 0.559. The lowest BCUT2D eigenvalue weighted by Crippen LogP contribution is -2.55. The van der Waals surface area contributed by atoms with Gasteiger partial charge in [-0.15, -0.1) is 0 Å². The number of nitrogens with one attached hydrogen (secondary N) is 1. The normalized spacial score (nSPS) is 19.8. The van der Waals surface area contributed by atoms with Gasteiger partial charge in [0, 0.05) is 44.7 Å². The molecule has 0 radical (unpaired) electrons. The summed E-state index contributed by atoms with van der Waals surface area (Å²) in [5, 5.41) is 31.4. The summed E-state index contributed by atoms with van der Waals surface area (Å²) >= 11 is 6.57. The minimum atomic E-state index is -0.891. The molecule has 9 nitrogen and oxygen atoms in total. The van der Waals surface area contributed by atoms with E-state index < -0.39 is 22.1 Å². The SMILES string of the molecule is CC(=O)N[C@@H]1C(=O)N(CCC(CO)CO)C(=S)S[C@H]1c1ccc([N+](=O)[O-])cc1. The zero-order valence-electron chi connectivity index (χ0n) is 15.1. The van der Waals surface area contributed by atoms with Gasteiger partial charge in [-0.2, -0.15) is 0 Å². The number of amides is 2. The van der Waals surface area contributed by atoms with E-state index in [1.54, 1.807) is 12.1 Å². The van der Waals surface area contributed by atoms with Crippen molar-refractivity contribution in [1.82, 2.24) is 10.2 Å². The number of aliphatic hydroxyl groups is 2. The third-order valence-electron chi connectivity index (χ3n) is 4.35. The van der Waals surface area contributed by atoms with E-state index in [9.17, 15) is 29.9 Å². The van der Waals surface area contributed by atoms with Gasteiger partial charge in [-0.3, -0.25) is 24.6 Å². The number of carbonyl (C=O) groups is 2. The molecule has 0 unspecified atom stereocenters. The van der Waals surface area contributed by atoms with Gasteiger partial charge >= 0.3 is 0 Å². The first-order valence-corrected chi connectivity index (χ1v) is 9.82. The summed E-state index contributed by atoms with van der Waals surface area (Å²) in [6.07, 6.45) is 0.356. The van der Waals surface area contributed by atoms with Gasteiger partial charge in [0.25, 0.3) is 11.6 Å². The summed E-state index contributed by atoms with van der Waals surface area (Å²) in [6.45, 7) is 1.09. The Labute approximate surface area is 171 Å². The number of non-ortho nitro benzene ring substituents is 1. The van der Waals surface area contributed by atoms with Crippen molar-refractivity contribution in [2.24, 2.45) is 5.92 Å². The van der Waals surface area contributed by atoms with Crippen LogP contribution in [0.2, 0.25) is 0 Å². The predicted octanol–water partition coefficient (Wildman–Crippen LogP) is 0.992. The van der Waals surface area contributed by atoms with Crippen LogP contribution in [0.3, 0.4) is 0 Å². The molecule has 1 aromatic carbocycles. The molecule has 28 heavy (non-hydrogen) atoms. The molecule has 1 aliphatic rings. The minimum absolute atomic E-state index is 0.0739. The third kappa shape index (κ3) is 5.25. The lowest BCUT2D eigenvalue weighted by atomic mass is 10.0. The Morgan fingerprint density at radius 1 is 1.36 bits per heavy atom. The topological polar surface area (TPSA) is 133 Å². The Hall–Kier alpha value is -2.08. The molecule has 0 saturated carbocycles. The van der Waals surface area contributed by atoms with Crippen LogP contribution in [0.4, 0.5) is 5.69 Å². The molecule has 1 aliphatic heterocycles. The Bertz CT molecular complexity index is 754. The largest absolute Gasteiger partial charge is 0.396 e. The average molecular weight is 428 g/mol. The number of hydrogen-bond donors (Lipinski definition) is 3. The second kappa shape index (κ2) is 9.92. The Balaban J connectivity index is 2.25. The lowest BCUT2D eigenvalue weighted by molar-refractivity contribution is -0.384. The molecule has 2 amide bonds. The van der Waals surface area contributed by atoms with Crippen LogP contribution in [0.25, 0.3) is 0 Å². The number of hydrogen-bond acceptors (Lipinski definition) is 8. The van der Waals surface area contributed by atoms with Crippen molar-refractivity contribution in [3.63, 3.8) is 0 Å². The molecular weight excluding hydrogens is 406 g/mol. The van der Waals surface area contributed by atoms with Gasteiger partial charge in [0.05, 0.1) is 10.2 Å². The van der Waals surface area contributed by atoms with Crippen molar-refractivity contribution in [3.05, 3.63) is 39.9 Å². The molecule has 1 heterocycles. The van der Waals surface area contributed by atoms with Crippen molar-refractivity contribution in [2.75, 3.05) is 19.8 Å². The van der Waals surface area contributed by atoms with Crippen molar-refractivity contribution < 1.29 is 24.7 Å². The molecule has 2 atom stereocenters. The molecule has 11 heteroatoms. The Kier molecular flexibility index (Phi) is 7.87. The molecule has 3 N–H and O–H groups in total. The van der Waals surface area contributed by atoms with E-state index >= 15 is 0 Å². The number of rotatable bonds is 8. The molecule has 1 aromatic rings. The first kappa shape index (κ1) is 22.2. The van der Waals surface area contributed by atoms with Gasteiger partial charge in [0.15, 0.2) is 0 Å². The van der Waals surface area contributed by atoms with E-state index in [0.717, 1.165) is 0 Å². The summed E-state index contributed by atoms with van der Waals surface area (Å²) in [7, 11) is 0. The highest BCUT2D eigenvalue weighted by Gasteiger charge is 2.41. The number of aliphatic hydroxyl groups excluding tert-OH is 2. The number of nitro benzene ring substituents is 1. The van der Waals surface area contributed by atoms with Crippen LogP contribution in [0, 0.1) is 16.0 Å².